The summed E-state index contributed by atoms with van der Waals surface area (Å²) in [5.41, 5.74) is 1.09. The Balaban J connectivity index is 1.82. The summed E-state index contributed by atoms with van der Waals surface area (Å²) < 4.78 is 5.36. The molecule has 0 unspecified atom stereocenters. The van der Waals surface area contributed by atoms with Crippen molar-refractivity contribution in [3.8, 4) is 0 Å². The van der Waals surface area contributed by atoms with E-state index in [-0.39, 0.29) is 0 Å². The zero-order valence-electron chi connectivity index (χ0n) is 13.4. The molecular weight excluding hydrogens is 266 g/mol. The van der Waals surface area contributed by atoms with E-state index in [9.17, 15) is 0 Å². The molecule has 1 aromatic heterocycles. The fourth-order valence-electron chi connectivity index (χ4n) is 2.47. The number of morpholine rings is 1. The molecule has 1 aromatic rings. The number of aromatic nitrogens is 2. The summed E-state index contributed by atoms with van der Waals surface area (Å²) in [6.45, 7) is 12.8. The maximum Gasteiger partial charge on any atom is 0.134 e. The highest BCUT2D eigenvalue weighted by Crippen LogP contribution is 2.19. The first-order valence-electron chi connectivity index (χ1n) is 7.83. The second-order valence-electron chi connectivity index (χ2n) is 5.36. The highest BCUT2D eigenvalue weighted by Gasteiger charge is 2.10. The van der Waals surface area contributed by atoms with E-state index in [1.165, 1.54) is 0 Å². The van der Waals surface area contributed by atoms with Crippen molar-refractivity contribution in [3.63, 3.8) is 0 Å². The van der Waals surface area contributed by atoms with E-state index in [4.69, 9.17) is 4.74 Å². The van der Waals surface area contributed by atoms with Crippen molar-refractivity contribution < 1.29 is 4.74 Å². The van der Waals surface area contributed by atoms with Gasteiger partial charge < -0.3 is 15.4 Å². The monoisotopic (exact) mass is 293 g/mol. The van der Waals surface area contributed by atoms with E-state index < -0.39 is 0 Å². The van der Waals surface area contributed by atoms with E-state index in [1.807, 2.05) is 6.92 Å². The van der Waals surface area contributed by atoms with Gasteiger partial charge in [-0.25, -0.2) is 9.97 Å². The molecule has 21 heavy (non-hydrogen) atoms. The molecule has 0 bridgehead atoms. The fraction of sp³-hybridized carbons (Fsp3) is 0.733. The number of rotatable bonds is 7. The molecule has 1 saturated heterocycles. The first-order valence-corrected chi connectivity index (χ1v) is 7.83. The molecular formula is C15H27N5O. The lowest BCUT2D eigenvalue weighted by atomic mass is 10.3. The largest absolute Gasteiger partial charge is 0.379 e. The van der Waals surface area contributed by atoms with Crippen molar-refractivity contribution in [2.24, 2.45) is 0 Å². The van der Waals surface area contributed by atoms with Crippen LogP contribution in [0.15, 0.2) is 0 Å². The van der Waals surface area contributed by atoms with Crippen molar-refractivity contribution >= 4 is 11.6 Å². The molecule has 0 radical (unpaired) electrons. The molecule has 118 valence electrons. The minimum absolute atomic E-state index is 0.798. The van der Waals surface area contributed by atoms with Crippen LogP contribution in [0.4, 0.5) is 11.6 Å². The third-order valence-electron chi connectivity index (χ3n) is 3.65. The van der Waals surface area contributed by atoms with Gasteiger partial charge in [-0.15, -0.1) is 0 Å². The summed E-state index contributed by atoms with van der Waals surface area (Å²) in [6.07, 6.45) is 1.11. The van der Waals surface area contributed by atoms with Crippen LogP contribution in [0.5, 0.6) is 0 Å². The number of nitrogens with zero attached hydrogens (tertiary/aromatic N) is 3. The second-order valence-corrected chi connectivity index (χ2v) is 5.36. The van der Waals surface area contributed by atoms with Crippen molar-refractivity contribution in [1.29, 1.82) is 0 Å². The summed E-state index contributed by atoms with van der Waals surface area (Å²) in [7, 11) is 0. The lowest BCUT2D eigenvalue weighted by molar-refractivity contribution is 0.0378. The van der Waals surface area contributed by atoms with E-state index in [2.05, 4.69) is 39.3 Å². The number of hydrogen-bond donors (Lipinski definition) is 2. The predicted molar refractivity (Wildman–Crippen MR) is 86.0 cm³/mol. The molecule has 2 rings (SSSR count). The van der Waals surface area contributed by atoms with Crippen molar-refractivity contribution in [2.45, 2.75) is 27.2 Å². The smallest absolute Gasteiger partial charge is 0.134 e. The summed E-state index contributed by atoms with van der Waals surface area (Å²) in [5.74, 6) is 2.67. The van der Waals surface area contributed by atoms with Crippen LogP contribution >= 0.6 is 0 Å². The van der Waals surface area contributed by atoms with Gasteiger partial charge in [-0.3, -0.25) is 4.90 Å². The molecule has 0 amide bonds. The van der Waals surface area contributed by atoms with E-state index >= 15 is 0 Å². The average Bonchev–Trinajstić information content (AvgIpc) is 2.49. The molecule has 0 aromatic carbocycles. The molecule has 1 aliphatic rings. The molecule has 6 heteroatoms. The van der Waals surface area contributed by atoms with Crippen LogP contribution in [0, 0.1) is 13.8 Å². The maximum absolute atomic E-state index is 5.36. The Kier molecular flexibility index (Phi) is 6.20. The van der Waals surface area contributed by atoms with E-state index in [0.29, 0.717) is 0 Å². The van der Waals surface area contributed by atoms with Gasteiger partial charge in [-0.1, -0.05) is 0 Å². The van der Waals surface area contributed by atoms with Gasteiger partial charge in [0.25, 0.3) is 0 Å². The molecule has 1 fully saturated rings. The van der Waals surface area contributed by atoms with Crippen LogP contribution in [0.25, 0.3) is 0 Å². The van der Waals surface area contributed by atoms with Crippen molar-refractivity contribution in [3.05, 3.63) is 11.4 Å². The molecule has 0 atom stereocenters. The second kappa shape index (κ2) is 8.14. The Hall–Kier alpha value is -1.40. The summed E-state index contributed by atoms with van der Waals surface area (Å²) >= 11 is 0. The Morgan fingerprint density at radius 1 is 1.10 bits per heavy atom. The number of anilines is 2. The van der Waals surface area contributed by atoms with Gasteiger partial charge in [0.05, 0.1) is 13.2 Å². The molecule has 2 N–H and O–H groups in total. The normalized spacial score (nSPS) is 16.0. The first kappa shape index (κ1) is 16.0. The number of hydrogen-bond acceptors (Lipinski definition) is 6. The molecule has 6 nitrogen and oxygen atoms in total. The predicted octanol–water partition coefficient (Wildman–Crippen LogP) is 1.66. The Bertz CT molecular complexity index is 446. The number of ether oxygens (including phenoxy) is 1. The van der Waals surface area contributed by atoms with Crippen molar-refractivity contribution in [1.82, 2.24) is 14.9 Å². The minimum atomic E-state index is 0.798. The van der Waals surface area contributed by atoms with Gasteiger partial charge in [0.15, 0.2) is 0 Å². The molecule has 0 aliphatic carbocycles. The highest BCUT2D eigenvalue weighted by molar-refractivity contribution is 5.57. The van der Waals surface area contributed by atoms with Crippen molar-refractivity contribution in [2.75, 3.05) is 56.6 Å². The number of nitrogens with one attached hydrogen (secondary N) is 2. The third-order valence-corrected chi connectivity index (χ3v) is 3.65. The van der Waals surface area contributed by atoms with Gasteiger partial charge in [0.1, 0.15) is 17.5 Å². The van der Waals surface area contributed by atoms with Gasteiger partial charge in [0.2, 0.25) is 0 Å². The first-order chi connectivity index (χ1) is 10.2. The van der Waals surface area contributed by atoms with Crippen LogP contribution in [-0.4, -0.2) is 60.8 Å². The zero-order chi connectivity index (χ0) is 15.1. The quantitative estimate of drug-likeness (QED) is 0.746. The van der Waals surface area contributed by atoms with Crippen LogP contribution in [0.1, 0.15) is 24.7 Å². The SMILES string of the molecule is CCNc1nc(C)nc(NCCCN2CCOCC2)c1C. The number of aryl methyl sites for hydroxylation is 1. The summed E-state index contributed by atoms with van der Waals surface area (Å²) in [5, 5.41) is 6.73. The lowest BCUT2D eigenvalue weighted by Crippen LogP contribution is -2.37. The summed E-state index contributed by atoms with van der Waals surface area (Å²) in [6, 6.07) is 0. The van der Waals surface area contributed by atoms with E-state index in [0.717, 1.165) is 75.4 Å². The van der Waals surface area contributed by atoms with Crippen LogP contribution in [0.2, 0.25) is 0 Å². The van der Waals surface area contributed by atoms with E-state index in [1.54, 1.807) is 0 Å². The molecule has 0 spiro atoms. The van der Waals surface area contributed by atoms with Gasteiger partial charge in [0, 0.05) is 31.7 Å². The van der Waals surface area contributed by atoms with Crippen LogP contribution < -0.4 is 10.6 Å². The van der Waals surface area contributed by atoms with Gasteiger partial charge in [-0.05, 0) is 33.7 Å². The Morgan fingerprint density at radius 2 is 1.76 bits per heavy atom. The Labute approximate surface area is 127 Å². The minimum Gasteiger partial charge on any atom is -0.379 e. The van der Waals surface area contributed by atoms with Gasteiger partial charge >= 0.3 is 0 Å². The topological polar surface area (TPSA) is 62.3 Å². The van der Waals surface area contributed by atoms with Crippen LogP contribution in [0.3, 0.4) is 0 Å². The standard InChI is InChI=1S/C15H27N5O/c1-4-16-14-12(2)15(19-13(3)18-14)17-6-5-7-20-8-10-21-11-9-20/h4-11H2,1-3H3,(H2,16,17,18,19). The molecule has 0 saturated carbocycles. The summed E-state index contributed by atoms with van der Waals surface area (Å²) in [4.78, 5) is 11.4. The maximum atomic E-state index is 5.36. The Morgan fingerprint density at radius 3 is 2.43 bits per heavy atom. The van der Waals surface area contributed by atoms with Gasteiger partial charge in [-0.2, -0.15) is 0 Å². The molecule has 1 aliphatic heterocycles. The lowest BCUT2D eigenvalue weighted by Gasteiger charge is -2.26. The zero-order valence-corrected chi connectivity index (χ0v) is 13.4. The molecule has 2 heterocycles. The highest BCUT2D eigenvalue weighted by atomic mass is 16.5. The third kappa shape index (κ3) is 4.82. The average molecular weight is 293 g/mol. The van der Waals surface area contributed by atoms with Crippen LogP contribution in [-0.2, 0) is 4.74 Å². The fourth-order valence-corrected chi connectivity index (χ4v) is 2.47.